The number of amides is 1. The largest absolute Gasteiger partial charge is 0.383 e. The SMILES string of the molecule is CCCCC(=O)Nc1cc(CC)cc(-c2cnc(N)c(C(=N)c3nc4c(-c5cccnc5)cncc4[nH]3)c2)c1. The van der Waals surface area contributed by atoms with E-state index in [0.717, 1.165) is 52.8 Å². The number of imidazole rings is 1. The first kappa shape index (κ1) is 25.7. The number of H-pyrrole nitrogens is 1. The van der Waals surface area contributed by atoms with Gasteiger partial charge in [-0.3, -0.25) is 20.2 Å². The molecule has 4 aromatic heterocycles. The molecule has 0 atom stereocenters. The second-order valence-electron chi connectivity index (χ2n) is 9.37. The fourth-order valence-electron chi connectivity index (χ4n) is 4.44. The van der Waals surface area contributed by atoms with E-state index >= 15 is 0 Å². The van der Waals surface area contributed by atoms with Crippen molar-refractivity contribution in [1.29, 1.82) is 5.41 Å². The zero-order chi connectivity index (χ0) is 27.4. The minimum absolute atomic E-state index is 0.000945. The minimum atomic E-state index is -0.000945. The minimum Gasteiger partial charge on any atom is -0.383 e. The Morgan fingerprint density at radius 3 is 2.67 bits per heavy atom. The van der Waals surface area contributed by atoms with Crippen LogP contribution in [0.4, 0.5) is 11.5 Å². The zero-order valence-corrected chi connectivity index (χ0v) is 22.0. The quantitative estimate of drug-likeness (QED) is 0.182. The van der Waals surface area contributed by atoms with Gasteiger partial charge in [0.05, 0.1) is 11.7 Å². The number of carbonyl (C=O) groups is 1. The fourth-order valence-corrected chi connectivity index (χ4v) is 4.44. The first-order valence-corrected chi connectivity index (χ1v) is 13.0. The summed E-state index contributed by atoms with van der Waals surface area (Å²) in [7, 11) is 0. The molecule has 0 aliphatic rings. The Kier molecular flexibility index (Phi) is 7.40. The number of carbonyl (C=O) groups excluding carboxylic acids is 1. The Balaban J connectivity index is 1.50. The van der Waals surface area contributed by atoms with Crippen LogP contribution >= 0.6 is 0 Å². The highest BCUT2D eigenvalue weighted by Gasteiger charge is 2.18. The standard InChI is InChI=1S/C30H30N8O/c1-3-5-8-26(39)36-22-11-18(4-2)10-20(12-22)21-13-23(29(32)35-15-21)27(31)30-37-25-17-34-16-24(28(25)38-30)19-7-6-9-33-14-19/h6-7,9-17,31H,3-5,8H2,1-2H3,(H2,32,35)(H,36,39)(H,37,38). The molecule has 0 aliphatic carbocycles. The lowest BCUT2D eigenvalue weighted by Crippen LogP contribution is -2.11. The number of aromatic nitrogens is 5. The Labute approximate surface area is 226 Å². The van der Waals surface area contributed by atoms with Crippen molar-refractivity contribution in [3.63, 3.8) is 0 Å². The summed E-state index contributed by atoms with van der Waals surface area (Å²) in [6.07, 6.45) is 11.7. The number of nitrogens with two attached hydrogens (primary N) is 1. The molecular formula is C30H30N8O. The molecule has 39 heavy (non-hydrogen) atoms. The highest BCUT2D eigenvalue weighted by atomic mass is 16.1. The van der Waals surface area contributed by atoms with Crippen LogP contribution in [0.5, 0.6) is 0 Å². The molecule has 1 amide bonds. The number of anilines is 2. The average molecular weight is 519 g/mol. The summed E-state index contributed by atoms with van der Waals surface area (Å²) in [5.74, 6) is 0.591. The van der Waals surface area contributed by atoms with Gasteiger partial charge in [0.15, 0.2) is 5.82 Å². The molecule has 0 bridgehead atoms. The van der Waals surface area contributed by atoms with Gasteiger partial charge in [0, 0.05) is 59.1 Å². The van der Waals surface area contributed by atoms with Crippen molar-refractivity contribution >= 4 is 34.2 Å². The lowest BCUT2D eigenvalue weighted by atomic mass is 9.99. The maximum Gasteiger partial charge on any atom is 0.224 e. The van der Waals surface area contributed by atoms with E-state index in [9.17, 15) is 4.79 Å². The molecule has 1 aromatic carbocycles. The van der Waals surface area contributed by atoms with E-state index in [0.29, 0.717) is 28.8 Å². The number of rotatable bonds is 9. The molecule has 0 saturated carbocycles. The second kappa shape index (κ2) is 11.2. The number of nitrogens with one attached hydrogen (secondary N) is 3. The third kappa shape index (κ3) is 5.52. The monoisotopic (exact) mass is 518 g/mol. The summed E-state index contributed by atoms with van der Waals surface area (Å²) in [4.78, 5) is 33.2. The van der Waals surface area contributed by atoms with Crippen LogP contribution in [0, 0.1) is 5.41 Å². The van der Waals surface area contributed by atoms with E-state index in [1.807, 2.05) is 30.3 Å². The third-order valence-corrected chi connectivity index (χ3v) is 6.57. The van der Waals surface area contributed by atoms with E-state index in [1.165, 1.54) is 0 Å². The van der Waals surface area contributed by atoms with Crippen molar-refractivity contribution in [3.05, 3.63) is 84.3 Å². The zero-order valence-electron chi connectivity index (χ0n) is 22.0. The van der Waals surface area contributed by atoms with Gasteiger partial charge in [-0.25, -0.2) is 9.97 Å². The van der Waals surface area contributed by atoms with E-state index in [1.54, 1.807) is 31.0 Å². The molecule has 4 heterocycles. The normalized spacial score (nSPS) is 11.0. The van der Waals surface area contributed by atoms with Gasteiger partial charge in [0.25, 0.3) is 0 Å². The molecule has 5 N–H and O–H groups in total. The molecule has 0 radical (unpaired) electrons. The van der Waals surface area contributed by atoms with Crippen molar-refractivity contribution in [1.82, 2.24) is 24.9 Å². The molecule has 0 saturated heterocycles. The van der Waals surface area contributed by atoms with E-state index in [2.05, 4.69) is 45.2 Å². The van der Waals surface area contributed by atoms with Gasteiger partial charge >= 0.3 is 0 Å². The van der Waals surface area contributed by atoms with Crippen LogP contribution < -0.4 is 11.1 Å². The fraction of sp³-hybridized carbons (Fsp3) is 0.200. The molecule has 0 aliphatic heterocycles. The van der Waals surface area contributed by atoms with Gasteiger partial charge < -0.3 is 16.0 Å². The predicted molar refractivity (Wildman–Crippen MR) is 155 cm³/mol. The summed E-state index contributed by atoms with van der Waals surface area (Å²) >= 11 is 0. The molecule has 5 rings (SSSR count). The number of hydrogen-bond donors (Lipinski definition) is 4. The molecule has 0 spiro atoms. The molecule has 0 fully saturated rings. The van der Waals surface area contributed by atoms with Crippen LogP contribution in [-0.2, 0) is 11.2 Å². The topological polar surface area (TPSA) is 146 Å². The maximum atomic E-state index is 12.4. The van der Waals surface area contributed by atoms with Crippen LogP contribution in [0.15, 0.2) is 67.4 Å². The van der Waals surface area contributed by atoms with Gasteiger partial charge in [-0.2, -0.15) is 0 Å². The van der Waals surface area contributed by atoms with E-state index in [4.69, 9.17) is 16.1 Å². The number of pyridine rings is 3. The van der Waals surface area contributed by atoms with Gasteiger partial charge in [0.1, 0.15) is 17.0 Å². The highest BCUT2D eigenvalue weighted by Crippen LogP contribution is 2.29. The number of aromatic amines is 1. The summed E-state index contributed by atoms with van der Waals surface area (Å²) in [5.41, 5.74) is 13.4. The summed E-state index contributed by atoms with van der Waals surface area (Å²) in [5, 5.41) is 12.0. The average Bonchev–Trinajstić information content (AvgIpc) is 3.41. The number of hydrogen-bond acceptors (Lipinski definition) is 7. The van der Waals surface area contributed by atoms with Crippen LogP contribution in [0.3, 0.4) is 0 Å². The van der Waals surface area contributed by atoms with Gasteiger partial charge in [0.2, 0.25) is 5.91 Å². The summed E-state index contributed by atoms with van der Waals surface area (Å²) in [6, 6.07) is 11.6. The van der Waals surface area contributed by atoms with Crippen LogP contribution in [0.25, 0.3) is 33.3 Å². The van der Waals surface area contributed by atoms with Crippen molar-refractivity contribution < 1.29 is 4.79 Å². The second-order valence-corrected chi connectivity index (χ2v) is 9.37. The predicted octanol–water partition coefficient (Wildman–Crippen LogP) is 5.77. The molecular weight excluding hydrogens is 488 g/mol. The first-order chi connectivity index (χ1) is 19.0. The molecule has 5 aromatic rings. The Morgan fingerprint density at radius 2 is 1.90 bits per heavy atom. The van der Waals surface area contributed by atoms with Crippen LogP contribution in [0.1, 0.15) is 50.1 Å². The van der Waals surface area contributed by atoms with E-state index < -0.39 is 0 Å². The van der Waals surface area contributed by atoms with Gasteiger partial charge in [-0.1, -0.05) is 32.4 Å². The number of nitrogens with zero attached hydrogens (tertiary/aromatic N) is 4. The molecule has 9 nitrogen and oxygen atoms in total. The van der Waals surface area contributed by atoms with Crippen molar-refractivity contribution in [2.24, 2.45) is 0 Å². The number of unbranched alkanes of at least 4 members (excludes halogenated alkanes) is 1. The van der Waals surface area contributed by atoms with Crippen LogP contribution in [0.2, 0.25) is 0 Å². The van der Waals surface area contributed by atoms with Crippen LogP contribution in [-0.4, -0.2) is 36.5 Å². The lowest BCUT2D eigenvalue weighted by molar-refractivity contribution is -0.116. The number of aryl methyl sites for hydroxylation is 1. The van der Waals surface area contributed by atoms with Crippen molar-refractivity contribution in [3.8, 4) is 22.3 Å². The first-order valence-electron chi connectivity index (χ1n) is 13.0. The van der Waals surface area contributed by atoms with Crippen molar-refractivity contribution in [2.45, 2.75) is 39.5 Å². The highest BCUT2D eigenvalue weighted by molar-refractivity contribution is 6.13. The van der Waals surface area contributed by atoms with Gasteiger partial charge in [-0.05, 0) is 48.2 Å². The molecule has 196 valence electrons. The van der Waals surface area contributed by atoms with Crippen molar-refractivity contribution in [2.75, 3.05) is 11.1 Å². The Morgan fingerprint density at radius 1 is 1.03 bits per heavy atom. The molecule has 9 heteroatoms. The number of benzene rings is 1. The number of nitrogen functional groups attached to an aromatic ring is 1. The van der Waals surface area contributed by atoms with Gasteiger partial charge in [-0.15, -0.1) is 0 Å². The Hall–Kier alpha value is -4.92. The maximum absolute atomic E-state index is 12.4. The summed E-state index contributed by atoms with van der Waals surface area (Å²) in [6.45, 7) is 4.13. The third-order valence-electron chi connectivity index (χ3n) is 6.57. The smallest absolute Gasteiger partial charge is 0.224 e. The Bertz CT molecular complexity index is 1660. The lowest BCUT2D eigenvalue weighted by Gasteiger charge is -2.12. The summed E-state index contributed by atoms with van der Waals surface area (Å²) < 4.78 is 0. The van der Waals surface area contributed by atoms with E-state index in [-0.39, 0.29) is 17.4 Å². The number of fused-ring (bicyclic) bond motifs is 1. The molecule has 0 unspecified atom stereocenters.